The maximum Gasteiger partial charge on any atom is 0.274 e. The predicted molar refractivity (Wildman–Crippen MR) is 102 cm³/mol. The minimum absolute atomic E-state index is 0.0133. The molecule has 3 aromatic rings. The minimum atomic E-state index is 0.0133. The summed E-state index contributed by atoms with van der Waals surface area (Å²) in [5.74, 6) is 1.95. The number of carbonyl (C=O) groups is 1. The number of imidazole rings is 1. The fourth-order valence-electron chi connectivity index (χ4n) is 4.59. The summed E-state index contributed by atoms with van der Waals surface area (Å²) in [6.45, 7) is 7.45. The molecule has 3 aromatic heterocycles. The van der Waals surface area contributed by atoms with E-state index in [2.05, 4.69) is 20.0 Å². The van der Waals surface area contributed by atoms with Gasteiger partial charge in [-0.1, -0.05) is 5.16 Å². The van der Waals surface area contributed by atoms with E-state index in [0.717, 1.165) is 44.1 Å². The molecule has 6 heterocycles. The smallest absolute Gasteiger partial charge is 0.274 e. The Hall–Kier alpha value is -2.74. The molecule has 0 radical (unpaired) electrons. The number of carbonyl (C=O) groups excluding carboxylic acids is 1. The first-order valence-electron chi connectivity index (χ1n) is 9.83. The molecule has 8 heteroatoms. The van der Waals surface area contributed by atoms with E-state index in [1.165, 1.54) is 12.0 Å². The highest BCUT2D eigenvalue weighted by Crippen LogP contribution is 2.30. The van der Waals surface area contributed by atoms with E-state index >= 15 is 0 Å². The third-order valence-electron chi connectivity index (χ3n) is 6.07. The molecule has 6 rings (SSSR count). The first-order chi connectivity index (χ1) is 13.6. The van der Waals surface area contributed by atoms with E-state index < -0.39 is 0 Å². The van der Waals surface area contributed by atoms with Gasteiger partial charge in [-0.2, -0.15) is 0 Å². The Bertz CT molecular complexity index is 972. The molecule has 0 aliphatic carbocycles. The van der Waals surface area contributed by atoms with Crippen molar-refractivity contribution in [3.63, 3.8) is 0 Å². The Morgan fingerprint density at radius 2 is 2.14 bits per heavy atom. The molecule has 0 aromatic carbocycles. The fourth-order valence-corrected chi connectivity index (χ4v) is 4.59. The molecule has 2 bridgehead atoms. The second-order valence-electron chi connectivity index (χ2n) is 8.00. The molecule has 3 aliphatic heterocycles. The second kappa shape index (κ2) is 6.70. The van der Waals surface area contributed by atoms with Crippen LogP contribution in [0.1, 0.15) is 40.3 Å². The Labute approximate surface area is 163 Å². The summed E-state index contributed by atoms with van der Waals surface area (Å²) in [7, 11) is 0. The zero-order valence-corrected chi connectivity index (χ0v) is 16.2. The average Bonchev–Trinajstić information content (AvgIpc) is 3.13. The predicted octanol–water partition coefficient (Wildman–Crippen LogP) is 2.07. The van der Waals surface area contributed by atoms with Crippen molar-refractivity contribution in [1.82, 2.24) is 29.3 Å². The van der Waals surface area contributed by atoms with Gasteiger partial charge in [0.05, 0.1) is 5.69 Å². The maximum absolute atomic E-state index is 13.2. The van der Waals surface area contributed by atoms with Crippen LogP contribution in [0.15, 0.2) is 29.2 Å². The SMILES string of the molecule is Cc1noc(C)c1CN1C[C@@H]2CC[C@H](C1)N(C(=O)c1cn3cccnc3n1)C2. The van der Waals surface area contributed by atoms with Crippen molar-refractivity contribution in [3.05, 3.63) is 47.4 Å². The van der Waals surface area contributed by atoms with E-state index in [-0.39, 0.29) is 11.9 Å². The number of amides is 1. The van der Waals surface area contributed by atoms with Crippen LogP contribution >= 0.6 is 0 Å². The largest absolute Gasteiger partial charge is 0.361 e. The third-order valence-corrected chi connectivity index (χ3v) is 6.07. The summed E-state index contributed by atoms with van der Waals surface area (Å²) in [6.07, 6.45) is 7.55. The van der Waals surface area contributed by atoms with Crippen molar-refractivity contribution in [2.45, 2.75) is 39.3 Å². The number of hydrogen-bond donors (Lipinski definition) is 0. The highest BCUT2D eigenvalue weighted by molar-refractivity contribution is 5.93. The molecular weight excluding hydrogens is 356 g/mol. The molecule has 146 valence electrons. The first kappa shape index (κ1) is 17.4. The van der Waals surface area contributed by atoms with Crippen LogP contribution in [0.25, 0.3) is 5.78 Å². The topological polar surface area (TPSA) is 79.8 Å². The number of hydrogen-bond acceptors (Lipinski definition) is 6. The first-order valence-corrected chi connectivity index (χ1v) is 9.83. The van der Waals surface area contributed by atoms with Crippen LogP contribution in [-0.2, 0) is 6.54 Å². The Morgan fingerprint density at radius 3 is 2.93 bits per heavy atom. The highest BCUT2D eigenvalue weighted by atomic mass is 16.5. The van der Waals surface area contributed by atoms with Gasteiger partial charge in [-0.3, -0.25) is 14.1 Å². The standard InChI is InChI=1S/C20H24N6O2/c1-13-17(14(2)28-23-13)11-24-8-15-4-5-16(10-24)26(9-15)19(27)18-12-25-7-3-6-21-20(25)22-18/h3,6-7,12,15-16H,4-5,8-11H2,1-2H3/t15-,16+/m0/s1. The van der Waals surface area contributed by atoms with E-state index in [1.807, 2.05) is 31.0 Å². The number of aromatic nitrogens is 4. The average molecular weight is 380 g/mol. The van der Waals surface area contributed by atoms with Gasteiger partial charge in [0, 0.05) is 56.4 Å². The zero-order valence-electron chi connectivity index (χ0n) is 16.2. The highest BCUT2D eigenvalue weighted by Gasteiger charge is 2.38. The van der Waals surface area contributed by atoms with Crippen molar-refractivity contribution >= 4 is 11.7 Å². The van der Waals surface area contributed by atoms with Crippen LogP contribution in [0.4, 0.5) is 0 Å². The van der Waals surface area contributed by atoms with E-state index in [1.54, 1.807) is 16.8 Å². The Kier molecular flexibility index (Phi) is 4.16. The summed E-state index contributed by atoms with van der Waals surface area (Å²) >= 11 is 0. The number of piperidine rings is 1. The number of rotatable bonds is 3. The lowest BCUT2D eigenvalue weighted by Gasteiger charge is -2.35. The normalized spacial score (nSPS) is 22.7. The van der Waals surface area contributed by atoms with Crippen LogP contribution in [-0.4, -0.2) is 60.9 Å². The lowest BCUT2D eigenvalue weighted by Crippen LogP contribution is -2.47. The van der Waals surface area contributed by atoms with Crippen molar-refractivity contribution in [2.24, 2.45) is 5.92 Å². The Morgan fingerprint density at radius 1 is 1.25 bits per heavy atom. The van der Waals surface area contributed by atoms with Crippen molar-refractivity contribution in [1.29, 1.82) is 0 Å². The summed E-state index contributed by atoms with van der Waals surface area (Å²) in [5, 5.41) is 4.08. The molecule has 1 amide bonds. The van der Waals surface area contributed by atoms with E-state index in [9.17, 15) is 4.79 Å². The van der Waals surface area contributed by atoms with Crippen molar-refractivity contribution < 1.29 is 9.32 Å². The van der Waals surface area contributed by atoms with Crippen LogP contribution in [0.2, 0.25) is 0 Å². The fraction of sp³-hybridized carbons (Fsp3) is 0.500. The van der Waals surface area contributed by atoms with Gasteiger partial charge in [0.2, 0.25) is 5.78 Å². The van der Waals surface area contributed by atoms with Gasteiger partial charge in [0.25, 0.3) is 5.91 Å². The van der Waals surface area contributed by atoms with E-state index in [4.69, 9.17) is 4.52 Å². The van der Waals surface area contributed by atoms with Gasteiger partial charge in [-0.25, -0.2) is 9.97 Å². The van der Waals surface area contributed by atoms with Crippen LogP contribution in [0, 0.1) is 19.8 Å². The minimum Gasteiger partial charge on any atom is -0.361 e. The lowest BCUT2D eigenvalue weighted by molar-refractivity contribution is 0.0579. The quantitative estimate of drug-likeness (QED) is 0.692. The molecule has 8 nitrogen and oxygen atoms in total. The molecule has 3 aliphatic rings. The van der Waals surface area contributed by atoms with Gasteiger partial charge in [0.15, 0.2) is 0 Å². The summed E-state index contributed by atoms with van der Waals surface area (Å²) in [5.41, 5.74) is 2.60. The summed E-state index contributed by atoms with van der Waals surface area (Å²) in [6, 6.07) is 2.05. The molecule has 28 heavy (non-hydrogen) atoms. The second-order valence-corrected chi connectivity index (χ2v) is 8.00. The number of nitrogens with zero attached hydrogens (tertiary/aromatic N) is 6. The maximum atomic E-state index is 13.2. The molecule has 3 saturated heterocycles. The van der Waals surface area contributed by atoms with Gasteiger partial charge < -0.3 is 9.42 Å². The molecule has 3 fully saturated rings. The van der Waals surface area contributed by atoms with Crippen molar-refractivity contribution in [2.75, 3.05) is 19.6 Å². The monoisotopic (exact) mass is 380 g/mol. The van der Waals surface area contributed by atoms with E-state index in [0.29, 0.717) is 17.4 Å². The van der Waals surface area contributed by atoms with Gasteiger partial charge in [-0.15, -0.1) is 0 Å². The molecule has 0 unspecified atom stereocenters. The van der Waals surface area contributed by atoms with Crippen LogP contribution in [0.3, 0.4) is 0 Å². The third kappa shape index (κ3) is 2.97. The van der Waals surface area contributed by atoms with Gasteiger partial charge in [0.1, 0.15) is 11.5 Å². The van der Waals surface area contributed by atoms with Crippen LogP contribution < -0.4 is 0 Å². The molecule has 2 atom stereocenters. The van der Waals surface area contributed by atoms with Gasteiger partial charge >= 0.3 is 0 Å². The molecule has 0 spiro atoms. The van der Waals surface area contributed by atoms with Crippen molar-refractivity contribution in [3.8, 4) is 0 Å². The Balaban J connectivity index is 1.37. The molecular formula is C20H24N6O2. The zero-order chi connectivity index (χ0) is 19.3. The summed E-state index contributed by atoms with van der Waals surface area (Å²) in [4.78, 5) is 26.4. The molecule has 0 saturated carbocycles. The lowest BCUT2D eigenvalue weighted by atomic mass is 9.95. The van der Waals surface area contributed by atoms with Gasteiger partial charge in [-0.05, 0) is 38.7 Å². The van der Waals surface area contributed by atoms with Crippen LogP contribution in [0.5, 0.6) is 0 Å². The number of fused-ring (bicyclic) bond motifs is 5. The molecule has 0 N–H and O–H groups in total. The number of aryl methyl sites for hydroxylation is 2. The summed E-state index contributed by atoms with van der Waals surface area (Å²) < 4.78 is 7.12.